The summed E-state index contributed by atoms with van der Waals surface area (Å²) in [6.07, 6.45) is 5.31. The van der Waals surface area contributed by atoms with Crippen molar-refractivity contribution in [2.24, 2.45) is 0 Å². The largest absolute Gasteiger partial charge is 0.302 e. The molecule has 0 bridgehead atoms. The van der Waals surface area contributed by atoms with E-state index in [1.165, 1.54) is 16.9 Å². The third kappa shape index (κ3) is 4.83. The Kier molecular flexibility index (Phi) is 5.10. The molecular formula is C15H18N2OS. The lowest BCUT2D eigenvalue weighted by Crippen LogP contribution is -2.10. The van der Waals surface area contributed by atoms with E-state index in [0.29, 0.717) is 11.6 Å². The van der Waals surface area contributed by atoms with Gasteiger partial charge in [-0.15, -0.1) is 11.3 Å². The molecule has 0 atom stereocenters. The topological polar surface area (TPSA) is 42.0 Å². The first-order chi connectivity index (χ1) is 9.24. The molecule has 0 saturated carbocycles. The summed E-state index contributed by atoms with van der Waals surface area (Å²) >= 11 is 1.51. The second-order valence-electron chi connectivity index (χ2n) is 4.52. The minimum Gasteiger partial charge on any atom is -0.302 e. The van der Waals surface area contributed by atoms with Gasteiger partial charge in [0.15, 0.2) is 5.13 Å². The maximum atomic E-state index is 11.7. The number of aryl methyl sites for hydroxylation is 2. The smallest absolute Gasteiger partial charge is 0.226 e. The van der Waals surface area contributed by atoms with Crippen molar-refractivity contribution in [3.05, 3.63) is 47.0 Å². The van der Waals surface area contributed by atoms with E-state index in [1.54, 1.807) is 6.20 Å². The molecule has 2 aromatic rings. The van der Waals surface area contributed by atoms with Crippen LogP contribution in [0.15, 0.2) is 36.5 Å². The number of nitrogens with zero attached hydrogens (tertiary/aromatic N) is 1. The summed E-state index contributed by atoms with van der Waals surface area (Å²) < 4.78 is 0. The number of thiazole rings is 1. The Hall–Kier alpha value is -1.68. The van der Waals surface area contributed by atoms with Crippen molar-refractivity contribution >= 4 is 22.4 Å². The molecule has 0 aliphatic heterocycles. The highest BCUT2D eigenvalue weighted by atomic mass is 32.1. The van der Waals surface area contributed by atoms with Crippen LogP contribution in [0.5, 0.6) is 0 Å². The van der Waals surface area contributed by atoms with Gasteiger partial charge in [-0.3, -0.25) is 4.79 Å². The van der Waals surface area contributed by atoms with Crippen molar-refractivity contribution in [3.63, 3.8) is 0 Å². The van der Waals surface area contributed by atoms with Gasteiger partial charge in [-0.05, 0) is 31.7 Å². The van der Waals surface area contributed by atoms with Crippen molar-refractivity contribution in [3.8, 4) is 0 Å². The van der Waals surface area contributed by atoms with Crippen molar-refractivity contribution in [2.75, 3.05) is 5.32 Å². The normalized spacial score (nSPS) is 10.4. The van der Waals surface area contributed by atoms with Gasteiger partial charge in [0, 0.05) is 17.5 Å². The summed E-state index contributed by atoms with van der Waals surface area (Å²) in [6.45, 7) is 1.98. The number of carbonyl (C=O) groups excluding carboxylic acids is 1. The van der Waals surface area contributed by atoms with Gasteiger partial charge < -0.3 is 5.32 Å². The number of hydrogen-bond acceptors (Lipinski definition) is 3. The standard InChI is InChI=1S/C15H18N2OS/c1-12-11-16-15(19-12)17-14(18)10-6-5-9-13-7-3-2-4-8-13/h2-4,7-8,11H,5-6,9-10H2,1H3,(H,16,17,18). The Labute approximate surface area is 117 Å². The summed E-state index contributed by atoms with van der Waals surface area (Å²) in [5.74, 6) is 0.0578. The Morgan fingerprint density at radius 2 is 2.05 bits per heavy atom. The predicted octanol–water partition coefficient (Wildman–Crippen LogP) is 3.80. The van der Waals surface area contributed by atoms with Crippen LogP contribution < -0.4 is 5.32 Å². The minimum absolute atomic E-state index is 0.0578. The van der Waals surface area contributed by atoms with Gasteiger partial charge >= 0.3 is 0 Å². The average Bonchev–Trinajstić information content (AvgIpc) is 2.81. The first-order valence-corrected chi connectivity index (χ1v) is 7.32. The number of amides is 1. The number of carbonyl (C=O) groups is 1. The maximum absolute atomic E-state index is 11.7. The van der Waals surface area contributed by atoms with Crippen molar-refractivity contribution in [2.45, 2.75) is 32.6 Å². The second kappa shape index (κ2) is 7.04. The molecule has 0 spiro atoms. The molecule has 0 fully saturated rings. The van der Waals surface area contributed by atoms with Gasteiger partial charge in [-0.2, -0.15) is 0 Å². The molecule has 3 nitrogen and oxygen atoms in total. The molecule has 0 saturated heterocycles. The first kappa shape index (κ1) is 13.7. The molecule has 0 unspecified atom stereocenters. The van der Waals surface area contributed by atoms with Gasteiger partial charge in [0.05, 0.1) is 0 Å². The maximum Gasteiger partial charge on any atom is 0.226 e. The summed E-state index contributed by atoms with van der Waals surface area (Å²) in [5.41, 5.74) is 1.33. The number of rotatable bonds is 6. The van der Waals surface area contributed by atoms with Gasteiger partial charge in [0.2, 0.25) is 5.91 Å². The molecule has 2 rings (SSSR count). The number of benzene rings is 1. The van der Waals surface area contributed by atoms with Crippen molar-refractivity contribution in [1.29, 1.82) is 0 Å². The monoisotopic (exact) mass is 274 g/mol. The predicted molar refractivity (Wildman–Crippen MR) is 79.5 cm³/mol. The van der Waals surface area contributed by atoms with Crippen LogP contribution in [0.2, 0.25) is 0 Å². The van der Waals surface area contributed by atoms with Crippen molar-refractivity contribution < 1.29 is 4.79 Å². The summed E-state index contributed by atoms with van der Waals surface area (Å²) in [6, 6.07) is 10.4. The number of unbranched alkanes of at least 4 members (excludes halogenated alkanes) is 1. The Morgan fingerprint density at radius 1 is 1.26 bits per heavy atom. The third-order valence-corrected chi connectivity index (χ3v) is 3.66. The molecule has 19 heavy (non-hydrogen) atoms. The van der Waals surface area contributed by atoms with E-state index < -0.39 is 0 Å². The van der Waals surface area contributed by atoms with Crippen LogP contribution in [0.1, 0.15) is 29.7 Å². The highest BCUT2D eigenvalue weighted by Gasteiger charge is 2.04. The highest BCUT2D eigenvalue weighted by Crippen LogP contribution is 2.17. The first-order valence-electron chi connectivity index (χ1n) is 6.50. The Balaban J connectivity index is 1.64. The van der Waals surface area contributed by atoms with Crippen LogP contribution in [0.4, 0.5) is 5.13 Å². The van der Waals surface area contributed by atoms with Crippen LogP contribution >= 0.6 is 11.3 Å². The van der Waals surface area contributed by atoms with Gasteiger partial charge in [-0.25, -0.2) is 4.98 Å². The minimum atomic E-state index is 0.0578. The summed E-state index contributed by atoms with van der Waals surface area (Å²) in [5, 5.41) is 3.53. The van der Waals surface area contributed by atoms with Gasteiger partial charge in [-0.1, -0.05) is 30.3 Å². The number of anilines is 1. The van der Waals surface area contributed by atoms with E-state index >= 15 is 0 Å². The van der Waals surface area contributed by atoms with Crippen LogP contribution in [0.25, 0.3) is 0 Å². The van der Waals surface area contributed by atoms with Crippen LogP contribution in [-0.2, 0) is 11.2 Å². The molecule has 1 N–H and O–H groups in total. The molecule has 0 aliphatic carbocycles. The number of aromatic nitrogens is 1. The quantitative estimate of drug-likeness (QED) is 0.814. The molecule has 1 aromatic heterocycles. The van der Waals surface area contributed by atoms with E-state index in [1.807, 2.05) is 25.1 Å². The molecule has 0 radical (unpaired) electrons. The van der Waals surface area contributed by atoms with Crippen LogP contribution in [0, 0.1) is 6.92 Å². The van der Waals surface area contributed by atoms with Crippen molar-refractivity contribution in [1.82, 2.24) is 4.98 Å². The SMILES string of the molecule is Cc1cnc(NC(=O)CCCCc2ccccc2)s1. The zero-order valence-electron chi connectivity index (χ0n) is 11.1. The summed E-state index contributed by atoms with van der Waals surface area (Å²) in [4.78, 5) is 16.9. The van der Waals surface area contributed by atoms with E-state index in [2.05, 4.69) is 22.4 Å². The lowest BCUT2D eigenvalue weighted by molar-refractivity contribution is -0.116. The Bertz CT molecular complexity index is 522. The second-order valence-corrected chi connectivity index (χ2v) is 5.75. The summed E-state index contributed by atoms with van der Waals surface area (Å²) in [7, 11) is 0. The molecule has 0 aliphatic rings. The zero-order valence-corrected chi connectivity index (χ0v) is 11.9. The number of hydrogen-bond donors (Lipinski definition) is 1. The fourth-order valence-electron chi connectivity index (χ4n) is 1.85. The van der Waals surface area contributed by atoms with Gasteiger partial charge in [0.25, 0.3) is 0 Å². The van der Waals surface area contributed by atoms with E-state index in [0.717, 1.165) is 24.1 Å². The molecule has 100 valence electrons. The fraction of sp³-hybridized carbons (Fsp3) is 0.333. The van der Waals surface area contributed by atoms with E-state index in [-0.39, 0.29) is 5.91 Å². The number of nitrogens with one attached hydrogen (secondary N) is 1. The van der Waals surface area contributed by atoms with Gasteiger partial charge in [0.1, 0.15) is 0 Å². The van der Waals surface area contributed by atoms with E-state index in [9.17, 15) is 4.79 Å². The molecular weight excluding hydrogens is 256 g/mol. The van der Waals surface area contributed by atoms with Crippen LogP contribution in [0.3, 0.4) is 0 Å². The fourth-order valence-corrected chi connectivity index (χ4v) is 2.53. The highest BCUT2D eigenvalue weighted by molar-refractivity contribution is 7.15. The van der Waals surface area contributed by atoms with Crippen LogP contribution in [-0.4, -0.2) is 10.9 Å². The molecule has 1 heterocycles. The molecule has 1 amide bonds. The lowest BCUT2D eigenvalue weighted by atomic mass is 10.1. The average molecular weight is 274 g/mol. The zero-order chi connectivity index (χ0) is 13.5. The third-order valence-electron chi connectivity index (χ3n) is 2.83. The Morgan fingerprint density at radius 3 is 2.74 bits per heavy atom. The molecule has 4 heteroatoms. The lowest BCUT2D eigenvalue weighted by Gasteiger charge is -2.02. The molecule has 1 aromatic carbocycles. The van der Waals surface area contributed by atoms with E-state index in [4.69, 9.17) is 0 Å².